The second-order valence-electron chi connectivity index (χ2n) is 6.20. The maximum absolute atomic E-state index is 13.5. The summed E-state index contributed by atoms with van der Waals surface area (Å²) in [6.07, 6.45) is -1.50. The van der Waals surface area contributed by atoms with Crippen molar-refractivity contribution >= 4 is 11.5 Å². The first-order valence-electron chi connectivity index (χ1n) is 8.13. The molecule has 1 aromatic carbocycles. The highest BCUT2D eigenvalue weighted by Crippen LogP contribution is 2.39. The van der Waals surface area contributed by atoms with E-state index in [1.807, 2.05) is 0 Å². The van der Waals surface area contributed by atoms with Crippen LogP contribution >= 0.6 is 0 Å². The van der Waals surface area contributed by atoms with E-state index < -0.39 is 11.7 Å². The van der Waals surface area contributed by atoms with Crippen molar-refractivity contribution in [3.63, 3.8) is 0 Å². The van der Waals surface area contributed by atoms with E-state index in [0.29, 0.717) is 18.5 Å². The van der Waals surface area contributed by atoms with Gasteiger partial charge in [0.1, 0.15) is 11.7 Å². The summed E-state index contributed by atoms with van der Waals surface area (Å²) >= 11 is 0. The smallest absolute Gasteiger partial charge is 0.421 e. The third-order valence-electron chi connectivity index (χ3n) is 4.24. The molecule has 1 heterocycles. The molecule has 1 fully saturated rings. The largest absolute Gasteiger partial charge is 0.460 e. The second-order valence-corrected chi connectivity index (χ2v) is 6.20. The molecule has 0 amide bonds. The Morgan fingerprint density at radius 2 is 2.00 bits per heavy atom. The molecule has 8 heteroatoms. The second kappa shape index (κ2) is 6.95. The number of para-hydroxylation sites is 1. The number of ether oxygens (including phenoxy) is 1. The Kier molecular flexibility index (Phi) is 4.86. The van der Waals surface area contributed by atoms with E-state index in [2.05, 4.69) is 16.5 Å². The topological polar surface area (TPSA) is 64.3 Å². The van der Waals surface area contributed by atoms with Gasteiger partial charge < -0.3 is 15.4 Å². The molecule has 1 aliphatic rings. The molecule has 1 saturated carbocycles. The lowest BCUT2D eigenvalue weighted by molar-refractivity contribution is -0.137. The van der Waals surface area contributed by atoms with E-state index in [1.165, 1.54) is 11.1 Å². The maximum Gasteiger partial charge on any atom is 0.421 e. The van der Waals surface area contributed by atoms with Crippen molar-refractivity contribution in [2.45, 2.75) is 38.1 Å². The van der Waals surface area contributed by atoms with Crippen LogP contribution in [0.5, 0.6) is 6.01 Å². The summed E-state index contributed by atoms with van der Waals surface area (Å²) in [5, 5.41) is 0. The quantitative estimate of drug-likeness (QED) is 0.870. The van der Waals surface area contributed by atoms with E-state index in [9.17, 15) is 13.2 Å². The summed E-state index contributed by atoms with van der Waals surface area (Å²) in [5.74, 6) is -0.324. The molecular weight excluding hydrogens is 345 g/mol. The average Bonchev–Trinajstić information content (AvgIpc) is 2.55. The number of hydrogen-bond donors (Lipinski definition) is 1. The Morgan fingerprint density at radius 3 is 2.58 bits per heavy atom. The van der Waals surface area contributed by atoms with Crippen LogP contribution in [0.2, 0.25) is 0 Å². The Hall–Kier alpha value is -2.61. The number of hydrogen-bond acceptors (Lipinski definition) is 5. The van der Waals surface area contributed by atoms with Crippen molar-refractivity contribution in [2.75, 3.05) is 4.90 Å². The van der Waals surface area contributed by atoms with Gasteiger partial charge in [-0.2, -0.15) is 18.2 Å². The summed E-state index contributed by atoms with van der Waals surface area (Å²) in [4.78, 5) is 9.06. The molecule has 0 atom stereocenters. The first-order chi connectivity index (χ1) is 12.3. The number of rotatable bonds is 5. The molecule has 0 saturated heterocycles. The summed E-state index contributed by atoms with van der Waals surface area (Å²) < 4.78 is 46.0. The van der Waals surface area contributed by atoms with E-state index in [0.717, 1.165) is 11.8 Å². The van der Waals surface area contributed by atoms with Gasteiger partial charge in [-0.25, -0.2) is 4.98 Å². The zero-order chi connectivity index (χ0) is 18.9. The minimum atomic E-state index is -4.61. The number of anilines is 2. The predicted molar refractivity (Wildman–Crippen MR) is 92.2 cm³/mol. The number of benzene rings is 1. The highest BCUT2D eigenvalue weighted by molar-refractivity contribution is 5.68. The van der Waals surface area contributed by atoms with Gasteiger partial charge in [-0.15, -0.1) is 0 Å². The van der Waals surface area contributed by atoms with Crippen molar-refractivity contribution in [2.24, 2.45) is 5.73 Å². The third kappa shape index (κ3) is 3.65. The minimum Gasteiger partial charge on any atom is -0.460 e. The van der Waals surface area contributed by atoms with Gasteiger partial charge in [0.25, 0.3) is 0 Å². The lowest BCUT2D eigenvalue weighted by Gasteiger charge is -2.32. The molecule has 26 heavy (non-hydrogen) atoms. The van der Waals surface area contributed by atoms with Gasteiger partial charge in [-0.1, -0.05) is 24.8 Å². The number of halogens is 3. The molecule has 0 spiro atoms. The van der Waals surface area contributed by atoms with Crippen molar-refractivity contribution in [1.82, 2.24) is 9.97 Å². The van der Waals surface area contributed by atoms with Gasteiger partial charge >= 0.3 is 12.2 Å². The molecule has 3 rings (SSSR count). The number of aromatic nitrogens is 2. The van der Waals surface area contributed by atoms with Crippen LogP contribution in [0.3, 0.4) is 0 Å². The van der Waals surface area contributed by atoms with Gasteiger partial charge in [0.05, 0.1) is 0 Å². The Labute approximate surface area is 149 Å². The van der Waals surface area contributed by atoms with Gasteiger partial charge in [-0.3, -0.25) is 0 Å². The zero-order valence-corrected chi connectivity index (χ0v) is 14.2. The SMILES string of the molecule is C=CN(c1ccccc1C)c1nc(OC2CC(N)C2)ncc1C(F)(F)F. The number of nitrogens with two attached hydrogens (primary N) is 1. The Bertz CT molecular complexity index is 803. The van der Waals surface area contributed by atoms with Crippen LogP contribution in [0.25, 0.3) is 0 Å². The predicted octanol–water partition coefficient (Wildman–Crippen LogP) is 3.95. The number of alkyl halides is 3. The fourth-order valence-electron chi connectivity index (χ4n) is 2.78. The highest BCUT2D eigenvalue weighted by Gasteiger charge is 2.38. The van der Waals surface area contributed by atoms with Crippen LogP contribution in [-0.2, 0) is 6.18 Å². The van der Waals surface area contributed by atoms with Crippen LogP contribution in [0, 0.1) is 6.92 Å². The van der Waals surface area contributed by atoms with Gasteiger partial charge in [-0.05, 0) is 31.4 Å². The number of aryl methyl sites for hydroxylation is 1. The van der Waals surface area contributed by atoms with Crippen LogP contribution in [0.4, 0.5) is 24.7 Å². The summed E-state index contributed by atoms with van der Waals surface area (Å²) in [7, 11) is 0. The molecule has 0 radical (unpaired) electrons. The van der Waals surface area contributed by atoms with E-state index in [4.69, 9.17) is 10.5 Å². The van der Waals surface area contributed by atoms with Crippen LogP contribution in [0.15, 0.2) is 43.2 Å². The van der Waals surface area contributed by atoms with Crippen molar-refractivity contribution in [3.8, 4) is 6.01 Å². The molecule has 138 valence electrons. The van der Waals surface area contributed by atoms with Gasteiger partial charge in [0.2, 0.25) is 0 Å². The summed E-state index contributed by atoms with van der Waals surface area (Å²) in [6.45, 7) is 5.45. The maximum atomic E-state index is 13.5. The molecule has 0 bridgehead atoms. The fraction of sp³-hybridized carbons (Fsp3) is 0.333. The van der Waals surface area contributed by atoms with E-state index >= 15 is 0 Å². The first kappa shape index (κ1) is 18.2. The summed E-state index contributed by atoms with van der Waals surface area (Å²) in [6, 6.07) is 6.98. The minimum absolute atomic E-state index is 0.0468. The monoisotopic (exact) mass is 364 g/mol. The molecule has 1 aromatic heterocycles. The highest BCUT2D eigenvalue weighted by atomic mass is 19.4. The van der Waals surface area contributed by atoms with Crippen LogP contribution < -0.4 is 15.4 Å². The summed E-state index contributed by atoms with van der Waals surface area (Å²) in [5.41, 5.74) is 6.07. The molecule has 5 nitrogen and oxygen atoms in total. The van der Waals surface area contributed by atoms with Crippen molar-refractivity contribution in [3.05, 3.63) is 54.4 Å². The lowest BCUT2D eigenvalue weighted by atomic mass is 9.90. The number of nitrogens with zero attached hydrogens (tertiary/aromatic N) is 3. The van der Waals surface area contributed by atoms with Crippen LogP contribution in [0.1, 0.15) is 24.0 Å². The molecule has 2 N–H and O–H groups in total. The average molecular weight is 364 g/mol. The standard InChI is InChI=1S/C18H19F3N4O/c1-3-25(15-7-5-4-6-11(15)2)16-14(18(19,20)21)10-23-17(24-16)26-13-8-12(22)9-13/h3-7,10,12-13H,1,8-9,22H2,2H3. The molecular formula is C18H19F3N4O. The van der Waals surface area contributed by atoms with E-state index in [-0.39, 0.29) is 24.0 Å². The Balaban J connectivity index is 2.03. The first-order valence-corrected chi connectivity index (χ1v) is 8.13. The van der Waals surface area contributed by atoms with Crippen LogP contribution in [-0.4, -0.2) is 22.1 Å². The van der Waals surface area contributed by atoms with Crippen molar-refractivity contribution in [1.29, 1.82) is 0 Å². The molecule has 0 aliphatic heterocycles. The normalized spacial score (nSPS) is 19.6. The molecule has 1 aliphatic carbocycles. The Morgan fingerprint density at radius 1 is 1.31 bits per heavy atom. The third-order valence-corrected chi connectivity index (χ3v) is 4.24. The molecule has 2 aromatic rings. The van der Waals surface area contributed by atoms with E-state index in [1.54, 1.807) is 31.2 Å². The zero-order valence-electron chi connectivity index (χ0n) is 14.2. The van der Waals surface area contributed by atoms with Gasteiger partial charge in [0, 0.05) is 24.1 Å². The molecule has 0 unspecified atom stereocenters. The lowest BCUT2D eigenvalue weighted by Crippen LogP contribution is -2.43. The van der Waals surface area contributed by atoms with Gasteiger partial charge in [0.15, 0.2) is 5.82 Å². The van der Waals surface area contributed by atoms with Crippen molar-refractivity contribution < 1.29 is 17.9 Å². The fourth-order valence-corrected chi connectivity index (χ4v) is 2.78.